The number of phenols is 1. The summed E-state index contributed by atoms with van der Waals surface area (Å²) in [5.41, 5.74) is 0.703. The molecule has 0 unspecified atom stereocenters. The molecule has 0 spiro atoms. The van der Waals surface area contributed by atoms with E-state index in [1.807, 2.05) is 0 Å². The Morgan fingerprint density at radius 1 is 0.909 bits per heavy atom. The first-order valence-corrected chi connectivity index (χ1v) is 10.6. The van der Waals surface area contributed by atoms with Crippen molar-refractivity contribution < 1.29 is 19.6 Å². The van der Waals surface area contributed by atoms with E-state index in [0.717, 1.165) is 9.37 Å². The van der Waals surface area contributed by atoms with Crippen LogP contribution in [0.15, 0.2) is 77.3 Å². The van der Waals surface area contributed by atoms with Gasteiger partial charge in [0.25, 0.3) is 17.5 Å². The maximum Gasteiger partial charge on any atom is 0.294 e. The molecular weight excluding hydrogens is 490 g/mol. The molecule has 0 saturated carbocycles. The number of nitrogens with zero attached hydrogens (tertiary/aromatic N) is 2. The second-order valence-electron chi connectivity index (χ2n) is 7.37. The van der Waals surface area contributed by atoms with Gasteiger partial charge >= 0.3 is 0 Å². The lowest BCUT2D eigenvalue weighted by Crippen LogP contribution is -2.40. The van der Waals surface area contributed by atoms with Crippen LogP contribution < -0.4 is 10.2 Å². The van der Waals surface area contributed by atoms with Crippen molar-refractivity contribution in [3.8, 4) is 5.75 Å². The first-order valence-electron chi connectivity index (χ1n) is 9.80. The summed E-state index contributed by atoms with van der Waals surface area (Å²) in [6, 6.07) is 19.0. The second-order valence-corrected chi connectivity index (χ2v) is 8.29. The van der Waals surface area contributed by atoms with Crippen molar-refractivity contribution in [1.29, 1.82) is 0 Å². The van der Waals surface area contributed by atoms with Crippen molar-refractivity contribution in [3.05, 3.63) is 98.5 Å². The van der Waals surface area contributed by atoms with E-state index in [1.165, 1.54) is 18.2 Å². The lowest BCUT2D eigenvalue weighted by molar-refractivity contribution is -0.383. The van der Waals surface area contributed by atoms with Crippen molar-refractivity contribution in [2.24, 2.45) is 0 Å². The molecule has 0 aliphatic carbocycles. The summed E-state index contributed by atoms with van der Waals surface area (Å²) in [7, 11) is 0. The number of halogens is 1. The predicted molar refractivity (Wildman–Crippen MR) is 127 cm³/mol. The third kappa shape index (κ3) is 3.30. The third-order valence-electron chi connectivity index (χ3n) is 5.44. The van der Waals surface area contributed by atoms with Crippen LogP contribution in [0.5, 0.6) is 5.75 Å². The largest absolute Gasteiger partial charge is 0.506 e. The van der Waals surface area contributed by atoms with Crippen LogP contribution in [0.1, 0.15) is 20.7 Å². The molecule has 2 amide bonds. The molecule has 4 aromatic carbocycles. The third-order valence-corrected chi connectivity index (χ3v) is 5.97. The van der Waals surface area contributed by atoms with Gasteiger partial charge in [-0.3, -0.25) is 19.7 Å². The molecule has 0 atom stereocenters. The number of nitrogens with one attached hydrogen (secondary N) is 1. The van der Waals surface area contributed by atoms with Crippen molar-refractivity contribution in [2.45, 2.75) is 0 Å². The Morgan fingerprint density at radius 2 is 1.61 bits per heavy atom. The molecule has 1 aliphatic rings. The Balaban J connectivity index is 1.76. The highest BCUT2D eigenvalue weighted by Gasteiger charge is 2.38. The number of imide groups is 1. The van der Waals surface area contributed by atoms with Crippen molar-refractivity contribution >= 4 is 61.3 Å². The zero-order chi connectivity index (χ0) is 23.3. The molecule has 33 heavy (non-hydrogen) atoms. The number of phenolic OH excluding ortho intramolecular Hbond substituents is 1. The molecule has 0 saturated heterocycles. The van der Waals surface area contributed by atoms with Gasteiger partial charge in [0.2, 0.25) is 0 Å². The molecular formula is C24H14BrN3O5. The molecule has 0 radical (unpaired) electrons. The Kier molecular flexibility index (Phi) is 4.83. The minimum Gasteiger partial charge on any atom is -0.506 e. The zero-order valence-corrected chi connectivity index (χ0v) is 18.4. The van der Waals surface area contributed by atoms with Gasteiger partial charge in [-0.2, -0.15) is 0 Å². The van der Waals surface area contributed by atoms with E-state index < -0.39 is 16.7 Å². The van der Waals surface area contributed by atoms with Gasteiger partial charge in [-0.25, -0.2) is 4.90 Å². The summed E-state index contributed by atoms with van der Waals surface area (Å²) in [5.74, 6) is -1.62. The Bertz CT molecular complexity index is 1480. The van der Waals surface area contributed by atoms with Gasteiger partial charge in [0, 0.05) is 32.6 Å². The number of carbonyl (C=O) groups excluding carboxylic acids is 2. The highest BCUT2D eigenvalue weighted by molar-refractivity contribution is 9.10. The second kappa shape index (κ2) is 7.72. The number of rotatable bonds is 4. The normalized spacial score (nSPS) is 12.8. The number of carbonyl (C=O) groups is 2. The van der Waals surface area contributed by atoms with Gasteiger partial charge < -0.3 is 10.4 Å². The molecule has 1 aliphatic heterocycles. The van der Waals surface area contributed by atoms with Crippen LogP contribution >= 0.6 is 15.9 Å². The lowest BCUT2D eigenvalue weighted by atomic mass is 9.91. The number of para-hydroxylation sites is 2. The maximum absolute atomic E-state index is 13.4. The zero-order valence-electron chi connectivity index (χ0n) is 16.8. The number of benzene rings is 4. The van der Waals surface area contributed by atoms with Crippen LogP contribution in [0, 0.1) is 10.1 Å². The number of nitro groups is 1. The fourth-order valence-corrected chi connectivity index (χ4v) is 4.24. The standard InChI is InChI=1S/C24H14BrN3O5/c25-13-8-10-14(11-9-13)26-22-15-4-3-5-16-21(15)17(12-19(22)28(32)33)24(31)27(23(16)30)18-6-1-2-7-20(18)29/h1-12,26,29H. The lowest BCUT2D eigenvalue weighted by Gasteiger charge is -2.28. The smallest absolute Gasteiger partial charge is 0.294 e. The average molecular weight is 504 g/mol. The van der Waals surface area contributed by atoms with Crippen LogP contribution in [0.4, 0.5) is 22.7 Å². The number of aromatic hydroxyl groups is 1. The van der Waals surface area contributed by atoms with E-state index in [0.29, 0.717) is 16.5 Å². The SMILES string of the molecule is O=C1c2cccc3c(Nc4ccc(Br)cc4)c([N+](=O)[O-])cc(c23)C(=O)N1c1ccccc1O. The van der Waals surface area contributed by atoms with Gasteiger partial charge in [-0.1, -0.05) is 40.2 Å². The fraction of sp³-hybridized carbons (Fsp3) is 0. The number of hydrogen-bond donors (Lipinski definition) is 2. The summed E-state index contributed by atoms with van der Waals surface area (Å²) < 4.78 is 0.847. The topological polar surface area (TPSA) is 113 Å². The molecule has 9 heteroatoms. The molecule has 162 valence electrons. The summed E-state index contributed by atoms with van der Waals surface area (Å²) in [6.07, 6.45) is 0. The minimum atomic E-state index is -0.747. The number of anilines is 3. The number of hydrogen-bond acceptors (Lipinski definition) is 6. The van der Waals surface area contributed by atoms with Crippen LogP contribution in [0.25, 0.3) is 10.8 Å². The highest BCUT2D eigenvalue weighted by Crippen LogP contribution is 2.43. The predicted octanol–water partition coefficient (Wildman–Crippen LogP) is 5.76. The first-order chi connectivity index (χ1) is 15.9. The van der Waals surface area contributed by atoms with E-state index >= 15 is 0 Å². The van der Waals surface area contributed by atoms with Gasteiger partial charge in [-0.15, -0.1) is 0 Å². The van der Waals surface area contributed by atoms with Crippen molar-refractivity contribution in [2.75, 3.05) is 10.2 Å². The van der Waals surface area contributed by atoms with Crippen LogP contribution in [-0.2, 0) is 0 Å². The highest BCUT2D eigenvalue weighted by atomic mass is 79.9. The average Bonchev–Trinajstić information content (AvgIpc) is 2.80. The molecule has 0 aromatic heterocycles. The fourth-order valence-electron chi connectivity index (χ4n) is 3.97. The monoisotopic (exact) mass is 503 g/mol. The van der Waals surface area contributed by atoms with E-state index in [1.54, 1.807) is 54.6 Å². The molecule has 0 bridgehead atoms. The van der Waals surface area contributed by atoms with E-state index in [9.17, 15) is 24.8 Å². The quantitative estimate of drug-likeness (QED) is 0.208. The summed E-state index contributed by atoms with van der Waals surface area (Å²) in [4.78, 5) is 39.0. The van der Waals surface area contributed by atoms with E-state index in [2.05, 4.69) is 21.2 Å². The van der Waals surface area contributed by atoms with Gasteiger partial charge in [0.05, 0.1) is 16.2 Å². The van der Waals surface area contributed by atoms with Crippen LogP contribution in [0.3, 0.4) is 0 Å². The molecule has 5 rings (SSSR count). The summed E-state index contributed by atoms with van der Waals surface area (Å²) >= 11 is 3.35. The molecule has 0 fully saturated rings. The van der Waals surface area contributed by atoms with E-state index in [4.69, 9.17) is 0 Å². The van der Waals surface area contributed by atoms with Gasteiger partial charge in [-0.05, 0) is 42.5 Å². The van der Waals surface area contributed by atoms with Crippen LogP contribution in [0.2, 0.25) is 0 Å². The molecule has 2 N–H and O–H groups in total. The van der Waals surface area contributed by atoms with E-state index in [-0.39, 0.29) is 33.9 Å². The number of amides is 2. The summed E-state index contributed by atoms with van der Waals surface area (Å²) in [6.45, 7) is 0. The van der Waals surface area contributed by atoms with Crippen molar-refractivity contribution in [1.82, 2.24) is 0 Å². The first kappa shape index (κ1) is 20.7. The van der Waals surface area contributed by atoms with Crippen LogP contribution in [-0.4, -0.2) is 21.8 Å². The molecule has 1 heterocycles. The Hall–Kier alpha value is -4.24. The Labute approximate surface area is 195 Å². The van der Waals surface area contributed by atoms with Gasteiger partial charge in [0.15, 0.2) is 0 Å². The summed E-state index contributed by atoms with van der Waals surface area (Å²) in [5, 5.41) is 26.0. The molecule has 8 nitrogen and oxygen atoms in total. The Morgan fingerprint density at radius 3 is 2.30 bits per heavy atom. The van der Waals surface area contributed by atoms with Gasteiger partial charge in [0.1, 0.15) is 11.4 Å². The number of nitro benzene ring substituents is 1. The molecule has 4 aromatic rings. The minimum absolute atomic E-state index is 0.00914. The van der Waals surface area contributed by atoms with Crippen molar-refractivity contribution in [3.63, 3.8) is 0 Å². The maximum atomic E-state index is 13.4.